The average molecular weight is 304 g/mol. The maximum atomic E-state index is 12.4. The van der Waals surface area contributed by atoms with E-state index in [2.05, 4.69) is 22.1 Å². The Morgan fingerprint density at radius 2 is 2.38 bits per heavy atom. The van der Waals surface area contributed by atoms with Crippen molar-refractivity contribution in [2.24, 2.45) is 0 Å². The van der Waals surface area contributed by atoms with Crippen molar-refractivity contribution in [3.63, 3.8) is 0 Å². The zero-order valence-corrected chi connectivity index (χ0v) is 13.2. The van der Waals surface area contributed by atoms with Crippen LogP contribution in [0.3, 0.4) is 0 Å². The molecule has 2 aromatic rings. The number of piperidine rings is 1. The fraction of sp³-hybridized carbons (Fsp3) is 0.533. The van der Waals surface area contributed by atoms with Gasteiger partial charge in [-0.1, -0.05) is 0 Å². The van der Waals surface area contributed by atoms with Crippen molar-refractivity contribution < 1.29 is 4.79 Å². The summed E-state index contributed by atoms with van der Waals surface area (Å²) in [5.41, 5.74) is 3.25. The maximum Gasteiger partial charge on any atom is 0.228 e. The van der Waals surface area contributed by atoms with Gasteiger partial charge in [-0.25, -0.2) is 4.98 Å². The highest BCUT2D eigenvalue weighted by molar-refractivity contribution is 7.09. The molecule has 3 heterocycles. The summed E-state index contributed by atoms with van der Waals surface area (Å²) >= 11 is 1.60. The molecule has 6 heteroatoms. The first-order valence-electron chi connectivity index (χ1n) is 7.32. The van der Waals surface area contributed by atoms with E-state index in [-0.39, 0.29) is 5.91 Å². The van der Waals surface area contributed by atoms with Crippen molar-refractivity contribution in [1.82, 2.24) is 20.1 Å². The number of H-pyrrole nitrogens is 1. The molecule has 1 saturated heterocycles. The van der Waals surface area contributed by atoms with E-state index in [0.717, 1.165) is 36.6 Å². The topological polar surface area (TPSA) is 61.9 Å². The van der Waals surface area contributed by atoms with Crippen molar-refractivity contribution in [1.29, 1.82) is 0 Å². The second-order valence-electron chi connectivity index (χ2n) is 5.68. The van der Waals surface area contributed by atoms with Gasteiger partial charge in [0.15, 0.2) is 0 Å². The Morgan fingerprint density at radius 3 is 3.05 bits per heavy atom. The van der Waals surface area contributed by atoms with Gasteiger partial charge in [0, 0.05) is 30.1 Å². The first-order valence-corrected chi connectivity index (χ1v) is 8.20. The summed E-state index contributed by atoms with van der Waals surface area (Å²) in [6.45, 7) is 5.67. The Hall–Kier alpha value is -1.69. The number of aromatic amines is 1. The van der Waals surface area contributed by atoms with Gasteiger partial charge in [-0.3, -0.25) is 9.89 Å². The van der Waals surface area contributed by atoms with Crippen LogP contribution in [0.5, 0.6) is 0 Å². The van der Waals surface area contributed by atoms with Crippen molar-refractivity contribution in [3.05, 3.63) is 33.5 Å². The third-order valence-corrected chi connectivity index (χ3v) is 4.87. The van der Waals surface area contributed by atoms with Crippen LogP contribution >= 0.6 is 11.3 Å². The lowest BCUT2D eigenvalue weighted by molar-refractivity contribution is -0.131. The fourth-order valence-electron chi connectivity index (χ4n) is 2.97. The third-order valence-electron chi connectivity index (χ3n) is 4.05. The third kappa shape index (κ3) is 3.15. The zero-order valence-electron chi connectivity index (χ0n) is 12.4. The summed E-state index contributed by atoms with van der Waals surface area (Å²) < 4.78 is 0. The number of nitrogens with one attached hydrogen (secondary N) is 1. The molecule has 0 radical (unpaired) electrons. The van der Waals surface area contributed by atoms with Gasteiger partial charge in [0.2, 0.25) is 5.91 Å². The van der Waals surface area contributed by atoms with Gasteiger partial charge in [0.05, 0.1) is 23.3 Å². The van der Waals surface area contributed by atoms with Crippen molar-refractivity contribution in [2.45, 2.75) is 39.0 Å². The Labute approximate surface area is 128 Å². The lowest BCUT2D eigenvalue weighted by Crippen LogP contribution is -2.40. The summed E-state index contributed by atoms with van der Waals surface area (Å²) in [6, 6.07) is 0. The summed E-state index contributed by atoms with van der Waals surface area (Å²) in [5.74, 6) is 0.560. The highest BCUT2D eigenvalue weighted by atomic mass is 32.1. The molecule has 5 nitrogen and oxygen atoms in total. The Bertz CT molecular complexity index is 633. The van der Waals surface area contributed by atoms with Gasteiger partial charge >= 0.3 is 0 Å². The number of hydrogen-bond acceptors (Lipinski definition) is 4. The van der Waals surface area contributed by atoms with Gasteiger partial charge in [-0.2, -0.15) is 5.10 Å². The molecule has 1 N–H and O–H groups in total. The average Bonchev–Trinajstić information content (AvgIpc) is 3.07. The minimum Gasteiger partial charge on any atom is -0.342 e. The number of aromatic nitrogens is 3. The molecular formula is C15H20N4OS. The van der Waals surface area contributed by atoms with E-state index in [1.54, 1.807) is 11.3 Å². The molecule has 0 spiro atoms. The normalized spacial score (nSPS) is 19.0. The predicted octanol–water partition coefficient (Wildman–Crippen LogP) is 2.43. The smallest absolute Gasteiger partial charge is 0.228 e. The van der Waals surface area contributed by atoms with Crippen LogP contribution < -0.4 is 0 Å². The van der Waals surface area contributed by atoms with Crippen LogP contribution in [0.15, 0.2) is 11.6 Å². The molecule has 0 bridgehead atoms. The lowest BCUT2D eigenvalue weighted by Gasteiger charge is -2.32. The number of likely N-dealkylation sites (tertiary alicyclic amines) is 1. The minimum absolute atomic E-state index is 0.183. The van der Waals surface area contributed by atoms with Crippen LogP contribution in [0.1, 0.15) is 40.7 Å². The van der Waals surface area contributed by atoms with E-state index in [1.807, 2.05) is 23.4 Å². The lowest BCUT2D eigenvalue weighted by atomic mass is 9.92. The molecule has 1 fully saturated rings. The molecular weight excluding hydrogens is 284 g/mol. The molecule has 0 saturated carbocycles. The number of rotatable bonds is 3. The molecule has 1 aliphatic heterocycles. The highest BCUT2D eigenvalue weighted by Crippen LogP contribution is 2.27. The fourth-order valence-corrected chi connectivity index (χ4v) is 3.58. The molecule has 0 aliphatic carbocycles. The number of thiazole rings is 1. The molecule has 1 aliphatic rings. The van der Waals surface area contributed by atoms with E-state index in [9.17, 15) is 4.79 Å². The molecule has 0 aromatic carbocycles. The van der Waals surface area contributed by atoms with E-state index in [1.165, 1.54) is 11.3 Å². The minimum atomic E-state index is 0.183. The monoisotopic (exact) mass is 304 g/mol. The first kappa shape index (κ1) is 14.3. The number of amides is 1. The Kier molecular flexibility index (Phi) is 4.05. The van der Waals surface area contributed by atoms with Crippen molar-refractivity contribution in [2.75, 3.05) is 13.1 Å². The maximum absolute atomic E-state index is 12.4. The molecule has 1 atom stereocenters. The molecule has 1 amide bonds. The van der Waals surface area contributed by atoms with Crippen LogP contribution in [0.2, 0.25) is 0 Å². The summed E-state index contributed by atoms with van der Waals surface area (Å²) in [6.07, 6.45) is 4.43. The number of carbonyl (C=O) groups is 1. The van der Waals surface area contributed by atoms with E-state index < -0.39 is 0 Å². The second kappa shape index (κ2) is 5.97. The predicted molar refractivity (Wildman–Crippen MR) is 82.4 cm³/mol. The zero-order chi connectivity index (χ0) is 14.8. The van der Waals surface area contributed by atoms with Gasteiger partial charge < -0.3 is 4.90 Å². The van der Waals surface area contributed by atoms with E-state index >= 15 is 0 Å². The van der Waals surface area contributed by atoms with Gasteiger partial charge in [-0.05, 0) is 32.3 Å². The van der Waals surface area contributed by atoms with Gasteiger partial charge in [-0.15, -0.1) is 11.3 Å². The van der Waals surface area contributed by atoms with Crippen LogP contribution in [0.4, 0.5) is 0 Å². The molecule has 2 aromatic heterocycles. The van der Waals surface area contributed by atoms with Gasteiger partial charge in [0.25, 0.3) is 0 Å². The highest BCUT2D eigenvalue weighted by Gasteiger charge is 2.26. The first-order chi connectivity index (χ1) is 10.1. The van der Waals surface area contributed by atoms with Gasteiger partial charge in [0.1, 0.15) is 0 Å². The summed E-state index contributed by atoms with van der Waals surface area (Å²) in [4.78, 5) is 18.8. The largest absolute Gasteiger partial charge is 0.342 e. The van der Waals surface area contributed by atoms with E-state index in [4.69, 9.17) is 0 Å². The molecule has 21 heavy (non-hydrogen) atoms. The summed E-state index contributed by atoms with van der Waals surface area (Å²) in [5, 5.41) is 10.2. The standard InChI is InChI=1S/C15H20N4OS/c1-10-7-16-18-15(10)12-4-3-5-19(8-12)14(20)6-13-9-21-11(2)17-13/h7,9,12H,3-6,8H2,1-2H3,(H,16,18)/t12-/m0/s1. The molecule has 112 valence electrons. The van der Waals surface area contributed by atoms with Crippen molar-refractivity contribution in [3.8, 4) is 0 Å². The SMILES string of the molecule is Cc1nc(CC(=O)N2CCC[C@H](c3[nH]ncc3C)C2)cs1. The van der Waals surface area contributed by atoms with Crippen molar-refractivity contribution >= 4 is 17.2 Å². The van der Waals surface area contributed by atoms with Crippen LogP contribution in [-0.4, -0.2) is 39.1 Å². The number of carbonyl (C=O) groups excluding carboxylic acids is 1. The number of nitrogens with zero attached hydrogens (tertiary/aromatic N) is 3. The summed E-state index contributed by atoms with van der Waals surface area (Å²) in [7, 11) is 0. The number of aryl methyl sites for hydroxylation is 2. The molecule has 0 unspecified atom stereocenters. The van der Waals surface area contributed by atoms with E-state index in [0.29, 0.717) is 12.3 Å². The Balaban J connectivity index is 1.65. The second-order valence-corrected chi connectivity index (χ2v) is 6.74. The van der Waals surface area contributed by atoms with Crippen LogP contribution in [0.25, 0.3) is 0 Å². The molecule has 3 rings (SSSR count). The quantitative estimate of drug-likeness (QED) is 0.947. The number of hydrogen-bond donors (Lipinski definition) is 1. The van der Waals surface area contributed by atoms with Crippen LogP contribution in [-0.2, 0) is 11.2 Å². The Morgan fingerprint density at radius 1 is 1.52 bits per heavy atom. The van der Waals surface area contributed by atoms with Crippen LogP contribution in [0, 0.1) is 13.8 Å².